The predicted octanol–water partition coefficient (Wildman–Crippen LogP) is 1.58. The van der Waals surface area contributed by atoms with E-state index in [2.05, 4.69) is 26.0 Å². The Morgan fingerprint density at radius 1 is 1.33 bits per heavy atom. The van der Waals surface area contributed by atoms with Crippen LogP contribution in [-0.2, 0) is 0 Å². The largest absolute Gasteiger partial charge is 0.380 e. The number of para-hydroxylation sites is 1. The maximum atomic E-state index is 5.62. The third kappa shape index (κ3) is 1.78. The van der Waals surface area contributed by atoms with Crippen molar-refractivity contribution in [3.05, 3.63) is 40.5 Å². The molecule has 0 fully saturated rings. The number of pyridine rings is 1. The predicted molar refractivity (Wildman–Crippen MR) is 64.4 cm³/mol. The summed E-state index contributed by atoms with van der Waals surface area (Å²) in [5.41, 5.74) is 7.05. The van der Waals surface area contributed by atoms with Crippen molar-refractivity contribution in [2.24, 2.45) is 16.7 Å². The lowest BCUT2D eigenvalue weighted by Crippen LogP contribution is -2.17. The maximum absolute atomic E-state index is 5.62. The minimum absolute atomic E-state index is 0.215. The van der Waals surface area contributed by atoms with Crippen molar-refractivity contribution < 1.29 is 0 Å². The molecule has 2 rings (SSSR count). The van der Waals surface area contributed by atoms with Crippen molar-refractivity contribution in [1.29, 1.82) is 0 Å². The first-order valence-electron chi connectivity index (χ1n) is 4.31. The summed E-state index contributed by atoms with van der Waals surface area (Å²) in [6, 6.07) is 9.71. The van der Waals surface area contributed by atoms with Gasteiger partial charge < -0.3 is 11.6 Å². The third-order valence-corrected chi connectivity index (χ3v) is 2.66. The molecule has 0 amide bonds. The van der Waals surface area contributed by atoms with Gasteiger partial charge in [-0.1, -0.05) is 18.2 Å². The molecule has 4 nitrogen and oxygen atoms in total. The molecular formula is C10H9BrN4. The monoisotopic (exact) mass is 264 g/mol. The first-order valence-corrected chi connectivity index (χ1v) is 5.10. The Balaban J connectivity index is 2.72. The number of benzene rings is 1. The molecule has 4 N–H and O–H groups in total. The zero-order chi connectivity index (χ0) is 10.8. The highest BCUT2D eigenvalue weighted by molar-refractivity contribution is 9.10. The van der Waals surface area contributed by atoms with Gasteiger partial charge in [0.1, 0.15) is 5.69 Å². The van der Waals surface area contributed by atoms with Gasteiger partial charge >= 0.3 is 0 Å². The summed E-state index contributed by atoms with van der Waals surface area (Å²) in [6.07, 6.45) is 0. The number of hydrogen-bond acceptors (Lipinski definition) is 3. The van der Waals surface area contributed by atoms with Crippen LogP contribution in [0.25, 0.3) is 10.9 Å². The molecule has 0 radical (unpaired) electrons. The van der Waals surface area contributed by atoms with Crippen LogP contribution < -0.4 is 11.6 Å². The molecule has 15 heavy (non-hydrogen) atoms. The third-order valence-electron chi connectivity index (χ3n) is 2.06. The molecule has 1 aromatic carbocycles. The average molecular weight is 265 g/mol. The average Bonchev–Trinajstić information content (AvgIpc) is 2.27. The molecule has 0 spiro atoms. The molecule has 0 saturated heterocycles. The van der Waals surface area contributed by atoms with E-state index in [1.54, 1.807) is 0 Å². The summed E-state index contributed by atoms with van der Waals surface area (Å²) < 4.78 is 0.785. The van der Waals surface area contributed by atoms with Gasteiger partial charge in [0.15, 0.2) is 5.84 Å². The minimum atomic E-state index is 0.215. The van der Waals surface area contributed by atoms with Crippen molar-refractivity contribution in [2.75, 3.05) is 0 Å². The molecule has 1 heterocycles. The lowest BCUT2D eigenvalue weighted by atomic mass is 10.2. The zero-order valence-corrected chi connectivity index (χ0v) is 9.40. The molecule has 2 aromatic rings. The van der Waals surface area contributed by atoms with Gasteiger partial charge in [0.25, 0.3) is 0 Å². The molecule has 0 aliphatic rings. The van der Waals surface area contributed by atoms with Gasteiger partial charge in [-0.25, -0.2) is 4.98 Å². The highest BCUT2D eigenvalue weighted by atomic mass is 79.9. The van der Waals surface area contributed by atoms with Crippen molar-refractivity contribution in [2.45, 2.75) is 0 Å². The second-order valence-corrected chi connectivity index (χ2v) is 3.88. The lowest BCUT2D eigenvalue weighted by Gasteiger charge is -2.04. The second-order valence-electron chi connectivity index (χ2n) is 3.03. The normalized spacial score (nSPS) is 11.9. The minimum Gasteiger partial charge on any atom is -0.380 e. The molecule has 0 aliphatic carbocycles. The molecule has 0 atom stereocenters. The van der Waals surface area contributed by atoms with E-state index >= 15 is 0 Å². The molecule has 5 heteroatoms. The highest BCUT2D eigenvalue weighted by Crippen LogP contribution is 2.20. The number of amidine groups is 1. The fourth-order valence-corrected chi connectivity index (χ4v) is 1.87. The zero-order valence-electron chi connectivity index (χ0n) is 7.81. The number of rotatable bonds is 1. The molecule has 0 bridgehead atoms. The van der Waals surface area contributed by atoms with Crippen LogP contribution in [0.4, 0.5) is 0 Å². The number of nitrogens with two attached hydrogens (primary N) is 2. The van der Waals surface area contributed by atoms with Crippen LogP contribution in [0, 0.1) is 0 Å². The SMILES string of the molecule is N/N=C(/N)c1nc2ccccc2cc1Br. The van der Waals surface area contributed by atoms with Gasteiger partial charge in [0, 0.05) is 9.86 Å². The van der Waals surface area contributed by atoms with E-state index in [4.69, 9.17) is 11.6 Å². The van der Waals surface area contributed by atoms with Crippen molar-refractivity contribution in [1.82, 2.24) is 4.98 Å². The highest BCUT2D eigenvalue weighted by Gasteiger charge is 2.07. The van der Waals surface area contributed by atoms with E-state index in [1.165, 1.54) is 0 Å². The summed E-state index contributed by atoms with van der Waals surface area (Å²) in [4.78, 5) is 4.36. The van der Waals surface area contributed by atoms with Gasteiger partial charge in [-0.05, 0) is 28.1 Å². The lowest BCUT2D eigenvalue weighted by molar-refractivity contribution is 1.20. The molecule has 0 saturated carbocycles. The first-order chi connectivity index (χ1) is 7.22. The Labute approximate surface area is 95.1 Å². The number of halogens is 1. The van der Waals surface area contributed by atoms with E-state index in [0.717, 1.165) is 15.4 Å². The molecular weight excluding hydrogens is 256 g/mol. The summed E-state index contributed by atoms with van der Waals surface area (Å²) >= 11 is 3.38. The molecule has 76 valence electrons. The van der Waals surface area contributed by atoms with Crippen LogP contribution >= 0.6 is 15.9 Å². The number of aromatic nitrogens is 1. The van der Waals surface area contributed by atoms with E-state index in [1.807, 2.05) is 30.3 Å². The van der Waals surface area contributed by atoms with Crippen LogP contribution in [0.1, 0.15) is 5.69 Å². The van der Waals surface area contributed by atoms with Crippen LogP contribution in [-0.4, -0.2) is 10.8 Å². The topological polar surface area (TPSA) is 77.3 Å². The fraction of sp³-hybridized carbons (Fsp3) is 0. The fourth-order valence-electron chi connectivity index (χ4n) is 1.33. The Bertz CT molecular complexity index is 536. The number of fused-ring (bicyclic) bond motifs is 1. The van der Waals surface area contributed by atoms with E-state index in [-0.39, 0.29) is 5.84 Å². The van der Waals surface area contributed by atoms with Crippen LogP contribution in [0.2, 0.25) is 0 Å². The van der Waals surface area contributed by atoms with Crippen LogP contribution in [0.5, 0.6) is 0 Å². The van der Waals surface area contributed by atoms with Crippen molar-refractivity contribution >= 4 is 32.7 Å². The summed E-state index contributed by atoms with van der Waals surface area (Å²) in [7, 11) is 0. The van der Waals surface area contributed by atoms with Gasteiger partial charge in [-0.2, -0.15) is 5.10 Å². The van der Waals surface area contributed by atoms with Crippen LogP contribution in [0.3, 0.4) is 0 Å². The van der Waals surface area contributed by atoms with E-state index in [0.29, 0.717) is 5.69 Å². The maximum Gasteiger partial charge on any atom is 0.170 e. The summed E-state index contributed by atoms with van der Waals surface area (Å²) in [5.74, 6) is 5.33. The summed E-state index contributed by atoms with van der Waals surface area (Å²) in [5, 5.41) is 4.47. The Kier molecular flexibility index (Phi) is 2.55. The Hall–Kier alpha value is -1.62. The Morgan fingerprint density at radius 3 is 2.80 bits per heavy atom. The molecule has 0 aliphatic heterocycles. The standard InChI is InChI=1S/C10H9BrN4/c11-7-5-6-3-1-2-4-8(6)14-9(7)10(12)15-13/h1-5H,13H2,(H2,12,15). The van der Waals surface area contributed by atoms with Gasteiger partial charge in [-0.3, -0.25) is 0 Å². The van der Waals surface area contributed by atoms with Gasteiger partial charge in [0.2, 0.25) is 0 Å². The van der Waals surface area contributed by atoms with Gasteiger partial charge in [0.05, 0.1) is 5.52 Å². The first kappa shape index (κ1) is 9.92. The van der Waals surface area contributed by atoms with Crippen LogP contribution in [0.15, 0.2) is 39.9 Å². The van der Waals surface area contributed by atoms with E-state index in [9.17, 15) is 0 Å². The smallest absolute Gasteiger partial charge is 0.170 e. The van der Waals surface area contributed by atoms with Crippen molar-refractivity contribution in [3.8, 4) is 0 Å². The number of nitrogens with zero attached hydrogens (tertiary/aromatic N) is 2. The quantitative estimate of drug-likeness (QED) is 0.355. The number of hydrazone groups is 1. The molecule has 0 unspecified atom stereocenters. The number of hydrogen-bond donors (Lipinski definition) is 2. The second kappa shape index (κ2) is 3.86. The van der Waals surface area contributed by atoms with Crippen molar-refractivity contribution in [3.63, 3.8) is 0 Å². The summed E-state index contributed by atoms with van der Waals surface area (Å²) in [6.45, 7) is 0. The van der Waals surface area contributed by atoms with Gasteiger partial charge in [-0.15, -0.1) is 0 Å². The van der Waals surface area contributed by atoms with E-state index < -0.39 is 0 Å². The Morgan fingerprint density at radius 2 is 2.07 bits per heavy atom. The molecule has 1 aromatic heterocycles.